The third-order valence-corrected chi connectivity index (χ3v) is 3.44. The highest BCUT2D eigenvalue weighted by Gasteiger charge is 2.21. The Hall–Kier alpha value is -2.15. The van der Waals surface area contributed by atoms with Crippen LogP contribution in [0.15, 0.2) is 10.6 Å². The molecule has 0 saturated carbocycles. The molecule has 0 spiro atoms. The standard InChI is InChI=1S/C13H16N4O2S/c1-6-7(2)19-8(3)10(6)13(18)16-12-9(11(14)20)5-15-17(12)4/h5H,1-4H3,(H2,14,20)(H,16,18). The number of nitrogens with zero attached hydrogens (tertiary/aromatic N) is 2. The molecule has 7 heteroatoms. The molecule has 2 aromatic heterocycles. The smallest absolute Gasteiger partial charge is 0.260 e. The average Bonchev–Trinajstić information content (AvgIpc) is 2.82. The number of hydrogen-bond acceptors (Lipinski definition) is 4. The molecule has 3 N–H and O–H groups in total. The first kappa shape index (κ1) is 14.3. The largest absolute Gasteiger partial charge is 0.466 e. The Kier molecular flexibility index (Phi) is 3.63. The molecule has 2 heterocycles. The Labute approximate surface area is 121 Å². The maximum atomic E-state index is 12.4. The molecule has 0 saturated heterocycles. The van der Waals surface area contributed by atoms with Crippen molar-refractivity contribution in [3.63, 3.8) is 0 Å². The first-order chi connectivity index (χ1) is 9.32. The molecule has 0 atom stereocenters. The van der Waals surface area contributed by atoms with Gasteiger partial charge in [0.1, 0.15) is 22.3 Å². The van der Waals surface area contributed by atoms with Crippen molar-refractivity contribution in [1.29, 1.82) is 0 Å². The molecule has 0 radical (unpaired) electrons. The molecule has 0 aliphatic rings. The van der Waals surface area contributed by atoms with Gasteiger partial charge >= 0.3 is 0 Å². The lowest BCUT2D eigenvalue weighted by atomic mass is 10.1. The third-order valence-electron chi connectivity index (χ3n) is 3.22. The highest BCUT2D eigenvalue weighted by Crippen LogP contribution is 2.23. The minimum absolute atomic E-state index is 0.185. The molecule has 0 bridgehead atoms. The van der Waals surface area contributed by atoms with Crippen LogP contribution in [0.5, 0.6) is 0 Å². The lowest BCUT2D eigenvalue weighted by Gasteiger charge is -2.08. The van der Waals surface area contributed by atoms with Gasteiger partial charge in [0.2, 0.25) is 0 Å². The molecule has 1 amide bonds. The molecule has 0 aliphatic heterocycles. The van der Waals surface area contributed by atoms with Gasteiger partial charge in [-0.2, -0.15) is 5.10 Å². The lowest BCUT2D eigenvalue weighted by Crippen LogP contribution is -2.19. The number of aromatic nitrogens is 2. The highest BCUT2D eigenvalue weighted by molar-refractivity contribution is 7.80. The van der Waals surface area contributed by atoms with Gasteiger partial charge in [0, 0.05) is 12.6 Å². The van der Waals surface area contributed by atoms with Gasteiger partial charge in [0.05, 0.1) is 17.3 Å². The summed E-state index contributed by atoms with van der Waals surface area (Å²) >= 11 is 4.94. The first-order valence-electron chi connectivity index (χ1n) is 6.02. The average molecular weight is 292 g/mol. The summed E-state index contributed by atoms with van der Waals surface area (Å²) in [4.78, 5) is 12.6. The Morgan fingerprint density at radius 1 is 1.40 bits per heavy atom. The Bertz CT molecular complexity index is 700. The molecule has 0 aliphatic carbocycles. The van der Waals surface area contributed by atoms with E-state index in [0.29, 0.717) is 22.7 Å². The number of aryl methyl sites for hydroxylation is 3. The van der Waals surface area contributed by atoms with E-state index in [-0.39, 0.29) is 10.9 Å². The van der Waals surface area contributed by atoms with Crippen molar-refractivity contribution in [2.75, 3.05) is 5.32 Å². The number of thiocarbonyl (C=S) groups is 1. The molecule has 2 aromatic rings. The van der Waals surface area contributed by atoms with E-state index in [1.807, 2.05) is 13.8 Å². The minimum atomic E-state index is -0.266. The number of carbonyl (C=O) groups excluding carboxylic acids is 1. The van der Waals surface area contributed by atoms with Gasteiger partial charge in [-0.05, 0) is 20.8 Å². The monoisotopic (exact) mass is 292 g/mol. The van der Waals surface area contributed by atoms with Crippen molar-refractivity contribution in [3.05, 3.63) is 34.4 Å². The Balaban J connectivity index is 2.38. The molecular formula is C13H16N4O2S. The molecule has 106 valence electrons. The van der Waals surface area contributed by atoms with E-state index < -0.39 is 0 Å². The second kappa shape index (κ2) is 5.09. The summed E-state index contributed by atoms with van der Waals surface area (Å²) in [6.45, 7) is 5.43. The van der Waals surface area contributed by atoms with Gasteiger partial charge in [-0.25, -0.2) is 0 Å². The molecular weight excluding hydrogens is 276 g/mol. The van der Waals surface area contributed by atoms with Gasteiger partial charge in [-0.1, -0.05) is 12.2 Å². The van der Waals surface area contributed by atoms with Crippen LogP contribution >= 0.6 is 12.2 Å². The number of nitrogens with one attached hydrogen (secondary N) is 1. The minimum Gasteiger partial charge on any atom is -0.466 e. The molecule has 20 heavy (non-hydrogen) atoms. The summed E-state index contributed by atoms with van der Waals surface area (Å²) in [6, 6.07) is 0. The van der Waals surface area contributed by atoms with Crippen molar-refractivity contribution < 1.29 is 9.21 Å². The summed E-state index contributed by atoms with van der Waals surface area (Å²) in [6.07, 6.45) is 1.53. The zero-order valence-electron chi connectivity index (χ0n) is 11.8. The molecule has 0 unspecified atom stereocenters. The van der Waals surface area contributed by atoms with Crippen LogP contribution in [-0.4, -0.2) is 20.7 Å². The maximum Gasteiger partial charge on any atom is 0.260 e. The maximum absolute atomic E-state index is 12.4. The quantitative estimate of drug-likeness (QED) is 0.843. The van der Waals surface area contributed by atoms with Crippen LogP contribution in [0.25, 0.3) is 0 Å². The predicted molar refractivity (Wildman–Crippen MR) is 80.0 cm³/mol. The summed E-state index contributed by atoms with van der Waals surface area (Å²) in [5.41, 5.74) is 7.49. The molecule has 2 rings (SSSR count). The number of rotatable bonds is 3. The lowest BCUT2D eigenvalue weighted by molar-refractivity contribution is 0.102. The van der Waals surface area contributed by atoms with Crippen molar-refractivity contribution >= 4 is 28.9 Å². The van der Waals surface area contributed by atoms with Gasteiger partial charge < -0.3 is 15.5 Å². The highest BCUT2D eigenvalue weighted by atomic mass is 32.1. The zero-order valence-corrected chi connectivity index (χ0v) is 12.6. The number of nitrogens with two attached hydrogens (primary N) is 1. The number of anilines is 1. The molecule has 0 aromatic carbocycles. The van der Waals surface area contributed by atoms with E-state index in [4.69, 9.17) is 22.4 Å². The molecule has 6 nitrogen and oxygen atoms in total. The van der Waals surface area contributed by atoms with Crippen LogP contribution in [0.4, 0.5) is 5.82 Å². The normalized spacial score (nSPS) is 10.6. The van der Waals surface area contributed by atoms with Crippen molar-refractivity contribution in [1.82, 2.24) is 9.78 Å². The van der Waals surface area contributed by atoms with Crippen molar-refractivity contribution in [2.24, 2.45) is 12.8 Å². The van der Waals surface area contributed by atoms with E-state index in [1.54, 1.807) is 14.0 Å². The van der Waals surface area contributed by atoms with Crippen LogP contribution in [0.2, 0.25) is 0 Å². The van der Waals surface area contributed by atoms with Gasteiger partial charge in [-0.3, -0.25) is 9.48 Å². The van der Waals surface area contributed by atoms with Crippen LogP contribution in [0.3, 0.4) is 0 Å². The number of furan rings is 1. The van der Waals surface area contributed by atoms with Crippen molar-refractivity contribution in [2.45, 2.75) is 20.8 Å². The fourth-order valence-electron chi connectivity index (χ4n) is 2.06. The second-order valence-corrected chi connectivity index (χ2v) is 5.00. The number of amides is 1. The Morgan fingerprint density at radius 3 is 2.55 bits per heavy atom. The topological polar surface area (TPSA) is 86.1 Å². The summed E-state index contributed by atoms with van der Waals surface area (Å²) in [7, 11) is 1.71. The van der Waals surface area contributed by atoms with E-state index in [1.165, 1.54) is 10.9 Å². The van der Waals surface area contributed by atoms with Crippen LogP contribution in [0.1, 0.15) is 33.0 Å². The summed E-state index contributed by atoms with van der Waals surface area (Å²) in [5, 5.41) is 6.83. The summed E-state index contributed by atoms with van der Waals surface area (Å²) in [5.74, 6) is 1.52. The fraction of sp³-hybridized carbons (Fsp3) is 0.308. The van der Waals surface area contributed by atoms with Crippen LogP contribution in [0, 0.1) is 20.8 Å². The van der Waals surface area contributed by atoms with Gasteiger partial charge in [-0.15, -0.1) is 0 Å². The number of carbonyl (C=O) groups is 1. The van der Waals surface area contributed by atoms with Gasteiger partial charge in [0.15, 0.2) is 0 Å². The number of hydrogen-bond donors (Lipinski definition) is 2. The SMILES string of the molecule is Cc1oc(C)c(C(=O)Nc2c(C(N)=S)cnn2C)c1C. The van der Waals surface area contributed by atoms with Gasteiger partial charge in [0.25, 0.3) is 5.91 Å². The van der Waals surface area contributed by atoms with Crippen LogP contribution < -0.4 is 11.1 Å². The first-order valence-corrected chi connectivity index (χ1v) is 6.43. The third kappa shape index (κ3) is 2.32. The second-order valence-electron chi connectivity index (χ2n) is 4.56. The summed E-state index contributed by atoms with van der Waals surface area (Å²) < 4.78 is 6.98. The van der Waals surface area contributed by atoms with E-state index in [0.717, 1.165) is 11.3 Å². The Morgan fingerprint density at radius 2 is 2.05 bits per heavy atom. The van der Waals surface area contributed by atoms with E-state index in [9.17, 15) is 4.79 Å². The van der Waals surface area contributed by atoms with E-state index in [2.05, 4.69) is 10.4 Å². The zero-order chi connectivity index (χ0) is 15.0. The molecule has 0 fully saturated rings. The predicted octanol–water partition coefficient (Wildman–Crippen LogP) is 1.82. The fourth-order valence-corrected chi connectivity index (χ4v) is 2.21. The van der Waals surface area contributed by atoms with E-state index >= 15 is 0 Å². The van der Waals surface area contributed by atoms with Crippen molar-refractivity contribution in [3.8, 4) is 0 Å². The van der Waals surface area contributed by atoms with Crippen LogP contribution in [-0.2, 0) is 7.05 Å².